The van der Waals surface area contributed by atoms with Crippen LogP contribution in [0.2, 0.25) is 0 Å². The first-order chi connectivity index (χ1) is 8.16. The van der Waals surface area contributed by atoms with Crippen molar-refractivity contribution < 1.29 is 9.90 Å². The Morgan fingerprint density at radius 2 is 2.29 bits per heavy atom. The summed E-state index contributed by atoms with van der Waals surface area (Å²) in [5.74, 6) is 0.485. The molecule has 6 nitrogen and oxygen atoms in total. The van der Waals surface area contributed by atoms with E-state index >= 15 is 0 Å². The van der Waals surface area contributed by atoms with Crippen LogP contribution in [0.5, 0.6) is 5.75 Å². The van der Waals surface area contributed by atoms with Gasteiger partial charge in [0.1, 0.15) is 5.82 Å². The van der Waals surface area contributed by atoms with Crippen molar-refractivity contribution in [2.24, 2.45) is 7.05 Å². The number of rotatable bonds is 3. The quantitative estimate of drug-likeness (QED) is 0.816. The van der Waals surface area contributed by atoms with Crippen LogP contribution in [0.1, 0.15) is 5.82 Å². The third kappa shape index (κ3) is 2.60. The number of aromatic nitrogens is 3. The molecule has 0 saturated carbocycles. The Labute approximate surface area is 97.9 Å². The number of imidazole rings is 1. The number of carbonyl (C=O) groups is 1. The number of amides is 1. The molecule has 2 aromatic rings. The fraction of sp³-hybridized carbons (Fsp3) is 0.182. The molecule has 0 aliphatic rings. The van der Waals surface area contributed by atoms with Crippen LogP contribution < -0.4 is 5.32 Å². The number of pyridine rings is 1. The van der Waals surface area contributed by atoms with Crippen molar-refractivity contribution in [3.05, 3.63) is 36.5 Å². The lowest BCUT2D eigenvalue weighted by molar-refractivity contribution is -0.115. The summed E-state index contributed by atoms with van der Waals surface area (Å²) >= 11 is 0. The molecule has 1 amide bonds. The van der Waals surface area contributed by atoms with Crippen molar-refractivity contribution in [3.8, 4) is 5.75 Å². The fourth-order valence-corrected chi connectivity index (χ4v) is 1.38. The molecule has 2 rings (SSSR count). The number of hydrogen-bond acceptors (Lipinski definition) is 4. The molecule has 2 heterocycles. The highest BCUT2D eigenvalue weighted by atomic mass is 16.3. The Balaban J connectivity index is 2.03. The van der Waals surface area contributed by atoms with Crippen molar-refractivity contribution in [1.29, 1.82) is 0 Å². The molecule has 0 atom stereocenters. The number of nitrogens with one attached hydrogen (secondary N) is 1. The van der Waals surface area contributed by atoms with Gasteiger partial charge in [-0.25, -0.2) is 9.97 Å². The number of anilines is 1. The van der Waals surface area contributed by atoms with Gasteiger partial charge in [0, 0.05) is 25.6 Å². The van der Waals surface area contributed by atoms with Gasteiger partial charge in [0.05, 0.1) is 6.42 Å². The number of aromatic hydroxyl groups is 1. The van der Waals surface area contributed by atoms with Crippen LogP contribution in [0, 0.1) is 0 Å². The Morgan fingerprint density at radius 1 is 1.47 bits per heavy atom. The summed E-state index contributed by atoms with van der Waals surface area (Å²) in [7, 11) is 1.81. The minimum atomic E-state index is -0.270. The van der Waals surface area contributed by atoms with Gasteiger partial charge in [-0.05, 0) is 12.1 Å². The van der Waals surface area contributed by atoms with E-state index in [4.69, 9.17) is 0 Å². The highest BCUT2D eigenvalue weighted by Gasteiger charge is 2.10. The van der Waals surface area contributed by atoms with Crippen LogP contribution in [-0.2, 0) is 18.3 Å². The lowest BCUT2D eigenvalue weighted by atomic mass is 10.3. The monoisotopic (exact) mass is 232 g/mol. The lowest BCUT2D eigenvalue weighted by Crippen LogP contribution is -2.17. The summed E-state index contributed by atoms with van der Waals surface area (Å²) in [6.45, 7) is 0. The predicted molar refractivity (Wildman–Crippen MR) is 61.4 cm³/mol. The van der Waals surface area contributed by atoms with Crippen LogP contribution in [-0.4, -0.2) is 25.5 Å². The normalized spacial score (nSPS) is 10.2. The van der Waals surface area contributed by atoms with Crippen molar-refractivity contribution in [1.82, 2.24) is 14.5 Å². The van der Waals surface area contributed by atoms with E-state index in [2.05, 4.69) is 15.3 Å². The third-order valence-electron chi connectivity index (χ3n) is 2.28. The van der Waals surface area contributed by atoms with E-state index in [1.807, 2.05) is 7.05 Å². The lowest BCUT2D eigenvalue weighted by Gasteiger charge is -2.05. The van der Waals surface area contributed by atoms with E-state index in [1.165, 1.54) is 12.3 Å². The molecular weight excluding hydrogens is 220 g/mol. The van der Waals surface area contributed by atoms with Crippen LogP contribution in [0.4, 0.5) is 5.82 Å². The second-order valence-corrected chi connectivity index (χ2v) is 3.55. The van der Waals surface area contributed by atoms with Gasteiger partial charge in [-0.1, -0.05) is 0 Å². The van der Waals surface area contributed by atoms with Gasteiger partial charge < -0.3 is 15.0 Å². The third-order valence-corrected chi connectivity index (χ3v) is 2.28. The zero-order chi connectivity index (χ0) is 12.3. The SMILES string of the molecule is Cn1ccnc1CC(=O)Nc1ncccc1O. The van der Waals surface area contributed by atoms with Gasteiger partial charge in [0.2, 0.25) is 5.91 Å². The summed E-state index contributed by atoms with van der Waals surface area (Å²) in [5.41, 5.74) is 0. The molecule has 2 aromatic heterocycles. The molecule has 6 heteroatoms. The molecule has 88 valence electrons. The zero-order valence-electron chi connectivity index (χ0n) is 9.29. The first kappa shape index (κ1) is 11.1. The molecular formula is C11H12N4O2. The van der Waals surface area contributed by atoms with Crippen LogP contribution >= 0.6 is 0 Å². The van der Waals surface area contributed by atoms with E-state index in [0.29, 0.717) is 5.82 Å². The molecule has 2 N–H and O–H groups in total. The number of nitrogens with zero attached hydrogens (tertiary/aromatic N) is 3. The molecule has 0 unspecified atom stereocenters. The molecule has 0 bridgehead atoms. The largest absolute Gasteiger partial charge is 0.504 e. The van der Waals surface area contributed by atoms with Crippen molar-refractivity contribution >= 4 is 11.7 Å². The summed E-state index contributed by atoms with van der Waals surface area (Å²) in [4.78, 5) is 19.6. The van der Waals surface area contributed by atoms with Crippen LogP contribution in [0.3, 0.4) is 0 Å². The highest BCUT2D eigenvalue weighted by Crippen LogP contribution is 2.18. The second-order valence-electron chi connectivity index (χ2n) is 3.55. The van der Waals surface area contributed by atoms with E-state index < -0.39 is 0 Å². The second kappa shape index (κ2) is 4.65. The molecule has 0 saturated heterocycles. The maximum absolute atomic E-state index is 11.7. The van der Waals surface area contributed by atoms with Crippen LogP contribution in [0.15, 0.2) is 30.7 Å². The first-order valence-corrected chi connectivity index (χ1v) is 5.07. The van der Waals surface area contributed by atoms with Crippen molar-refractivity contribution in [3.63, 3.8) is 0 Å². The molecule has 0 radical (unpaired) electrons. The Bertz CT molecular complexity index is 536. The fourth-order valence-electron chi connectivity index (χ4n) is 1.38. The molecule has 0 spiro atoms. The average molecular weight is 232 g/mol. The molecule has 17 heavy (non-hydrogen) atoms. The minimum absolute atomic E-state index is 0.0549. The Kier molecular flexibility index (Phi) is 3.04. The minimum Gasteiger partial charge on any atom is -0.504 e. The predicted octanol–water partition coefficient (Wildman–Crippen LogP) is 0.702. The van der Waals surface area contributed by atoms with Gasteiger partial charge in [0.15, 0.2) is 11.6 Å². The van der Waals surface area contributed by atoms with E-state index in [-0.39, 0.29) is 23.9 Å². The van der Waals surface area contributed by atoms with Gasteiger partial charge in [0.25, 0.3) is 0 Å². The van der Waals surface area contributed by atoms with Crippen LogP contribution in [0.25, 0.3) is 0 Å². The maximum Gasteiger partial charge on any atom is 0.233 e. The molecule has 0 aliphatic carbocycles. The first-order valence-electron chi connectivity index (χ1n) is 5.07. The summed E-state index contributed by atoms with van der Waals surface area (Å²) in [6, 6.07) is 3.05. The summed E-state index contributed by atoms with van der Waals surface area (Å²) < 4.78 is 1.76. The van der Waals surface area contributed by atoms with Gasteiger partial charge in [-0.3, -0.25) is 4.79 Å². The highest BCUT2D eigenvalue weighted by molar-refractivity contribution is 5.92. The molecule has 0 aromatic carbocycles. The van der Waals surface area contributed by atoms with Gasteiger partial charge in [-0.15, -0.1) is 0 Å². The maximum atomic E-state index is 11.7. The molecule has 0 fully saturated rings. The van der Waals surface area contributed by atoms with Gasteiger partial charge in [-0.2, -0.15) is 0 Å². The van der Waals surface area contributed by atoms with E-state index in [9.17, 15) is 9.90 Å². The van der Waals surface area contributed by atoms with Crippen molar-refractivity contribution in [2.75, 3.05) is 5.32 Å². The number of aryl methyl sites for hydroxylation is 1. The number of hydrogen-bond donors (Lipinski definition) is 2. The Morgan fingerprint density at radius 3 is 2.94 bits per heavy atom. The van der Waals surface area contributed by atoms with Crippen molar-refractivity contribution in [2.45, 2.75) is 6.42 Å². The smallest absolute Gasteiger partial charge is 0.233 e. The zero-order valence-corrected chi connectivity index (χ0v) is 9.29. The molecule has 0 aliphatic heterocycles. The summed E-state index contributed by atoms with van der Waals surface area (Å²) in [6.07, 6.45) is 5.03. The Hall–Kier alpha value is -2.37. The van der Waals surface area contributed by atoms with E-state index in [0.717, 1.165) is 0 Å². The summed E-state index contributed by atoms with van der Waals surface area (Å²) in [5, 5.41) is 12.0. The van der Waals surface area contributed by atoms with Gasteiger partial charge >= 0.3 is 0 Å². The average Bonchev–Trinajstić information content (AvgIpc) is 2.68. The number of carbonyl (C=O) groups excluding carboxylic acids is 1. The van der Waals surface area contributed by atoms with E-state index in [1.54, 1.807) is 23.0 Å². The standard InChI is InChI=1S/C11H12N4O2/c1-15-6-5-12-9(15)7-10(17)14-11-8(16)3-2-4-13-11/h2-6,16H,7H2,1H3,(H,13,14,17). The topological polar surface area (TPSA) is 80.0 Å².